The predicted molar refractivity (Wildman–Crippen MR) is 141 cm³/mol. The van der Waals surface area contributed by atoms with Crippen molar-refractivity contribution >= 4 is 33.4 Å². The first-order chi connectivity index (χ1) is 17.3. The summed E-state index contributed by atoms with van der Waals surface area (Å²) in [6.45, 7) is 0.0216. The Hall–Kier alpha value is -2.79. The van der Waals surface area contributed by atoms with Gasteiger partial charge in [-0.25, -0.2) is 8.42 Å². The number of hydrogen-bond acceptors (Lipinski definition) is 8. The van der Waals surface area contributed by atoms with Gasteiger partial charge in [0.15, 0.2) is 11.5 Å². The van der Waals surface area contributed by atoms with Crippen LogP contribution in [0.15, 0.2) is 41.3 Å². The van der Waals surface area contributed by atoms with Gasteiger partial charge in [0.2, 0.25) is 5.91 Å². The third-order valence-electron chi connectivity index (χ3n) is 5.96. The summed E-state index contributed by atoms with van der Waals surface area (Å²) in [5.41, 5.74) is 0.183. The zero-order valence-corrected chi connectivity index (χ0v) is 22.7. The monoisotopic (exact) mass is 538 g/mol. The van der Waals surface area contributed by atoms with E-state index >= 15 is 0 Å². The van der Waals surface area contributed by atoms with Gasteiger partial charge >= 0.3 is 0 Å². The van der Waals surface area contributed by atoms with Gasteiger partial charge in [0.1, 0.15) is 18.0 Å². The molecule has 1 amide bonds. The third-order valence-corrected chi connectivity index (χ3v) is 9.10. The number of benzene rings is 2. The fourth-order valence-electron chi connectivity index (χ4n) is 4.05. The topological polar surface area (TPSA) is 103 Å². The molecule has 0 radical (unpaired) electrons. The number of sulfonamides is 1. The minimum Gasteiger partial charge on any atom is -0.497 e. The number of carbonyl (C=O) groups excluding carboxylic acids is 1. The first-order valence-electron chi connectivity index (χ1n) is 11.7. The summed E-state index contributed by atoms with van der Waals surface area (Å²) in [5.74, 6) is 1.71. The lowest BCUT2D eigenvalue weighted by Crippen LogP contribution is -2.41. The Morgan fingerprint density at radius 2 is 1.61 bits per heavy atom. The number of hydrogen-bond donors (Lipinski definition) is 1. The molecule has 0 aromatic heterocycles. The Morgan fingerprint density at radius 1 is 0.944 bits per heavy atom. The second kappa shape index (κ2) is 13.0. The van der Waals surface area contributed by atoms with Crippen molar-refractivity contribution in [2.24, 2.45) is 0 Å². The maximum Gasteiger partial charge on any atom is 0.265 e. The number of nitrogens with one attached hydrogen (secondary N) is 1. The van der Waals surface area contributed by atoms with Gasteiger partial charge in [-0.15, -0.1) is 0 Å². The first kappa shape index (κ1) is 27.8. The largest absolute Gasteiger partial charge is 0.497 e. The summed E-state index contributed by atoms with van der Waals surface area (Å²) in [6, 6.07) is 9.06. The van der Waals surface area contributed by atoms with Crippen LogP contribution >= 0.6 is 11.8 Å². The lowest BCUT2D eigenvalue weighted by Gasteiger charge is -2.26. The van der Waals surface area contributed by atoms with Crippen molar-refractivity contribution in [1.29, 1.82) is 0 Å². The van der Waals surface area contributed by atoms with Crippen molar-refractivity contribution in [1.82, 2.24) is 5.32 Å². The van der Waals surface area contributed by atoms with Gasteiger partial charge in [-0.05, 0) is 37.1 Å². The molecule has 2 aromatic carbocycles. The lowest BCUT2D eigenvalue weighted by atomic mass is 10.2. The number of nitrogens with zero attached hydrogens (tertiary/aromatic N) is 1. The van der Waals surface area contributed by atoms with Crippen molar-refractivity contribution in [3.8, 4) is 23.0 Å². The maximum atomic E-state index is 13.9. The van der Waals surface area contributed by atoms with Crippen LogP contribution in [0.2, 0.25) is 0 Å². The molecular formula is C25H34N2O7S2. The van der Waals surface area contributed by atoms with Crippen LogP contribution in [0.25, 0.3) is 0 Å². The van der Waals surface area contributed by atoms with Gasteiger partial charge in [0.25, 0.3) is 10.0 Å². The van der Waals surface area contributed by atoms with E-state index in [0.29, 0.717) is 23.3 Å². The highest BCUT2D eigenvalue weighted by Gasteiger charge is 2.31. The van der Waals surface area contributed by atoms with Gasteiger partial charge < -0.3 is 24.3 Å². The molecule has 36 heavy (non-hydrogen) atoms. The van der Waals surface area contributed by atoms with E-state index in [1.807, 2.05) is 11.8 Å². The zero-order chi connectivity index (χ0) is 26.1. The van der Waals surface area contributed by atoms with E-state index < -0.39 is 22.5 Å². The lowest BCUT2D eigenvalue weighted by molar-refractivity contribution is -0.119. The summed E-state index contributed by atoms with van der Waals surface area (Å²) >= 11 is 1.85. The van der Waals surface area contributed by atoms with E-state index in [9.17, 15) is 13.2 Å². The van der Waals surface area contributed by atoms with Crippen LogP contribution in [0.5, 0.6) is 23.0 Å². The molecule has 11 heteroatoms. The van der Waals surface area contributed by atoms with Crippen LogP contribution in [-0.2, 0) is 14.8 Å². The Bertz CT molecular complexity index is 1140. The molecule has 2 aromatic rings. The molecule has 1 saturated carbocycles. The highest BCUT2D eigenvalue weighted by molar-refractivity contribution is 7.99. The first-order valence-corrected chi connectivity index (χ1v) is 14.2. The Labute approximate surface area is 217 Å². The summed E-state index contributed by atoms with van der Waals surface area (Å²) in [5, 5.41) is 3.50. The minimum absolute atomic E-state index is 0.0605. The molecule has 3 rings (SSSR count). The Morgan fingerprint density at radius 3 is 2.25 bits per heavy atom. The average molecular weight is 539 g/mol. The van der Waals surface area contributed by atoms with Crippen molar-refractivity contribution < 1.29 is 32.2 Å². The quantitative estimate of drug-likeness (QED) is 0.385. The normalized spacial score (nSPS) is 13.8. The summed E-state index contributed by atoms with van der Waals surface area (Å²) in [7, 11) is 1.60. The predicted octanol–water partition coefficient (Wildman–Crippen LogP) is 3.71. The molecule has 1 aliphatic carbocycles. The van der Waals surface area contributed by atoms with Crippen LogP contribution in [-0.4, -0.2) is 66.9 Å². The van der Waals surface area contributed by atoms with E-state index in [-0.39, 0.29) is 22.1 Å². The number of carbonyl (C=O) groups is 1. The van der Waals surface area contributed by atoms with E-state index in [1.54, 1.807) is 12.1 Å². The standard InChI is InChI=1S/C25H34N2O7S2/c1-31-18-9-11-22(32-2)21(15-18)27(17-25(28)26-13-14-35-19-7-5-6-8-19)36(29,30)20-10-12-23(33-3)24(16-20)34-4/h9-12,15-16,19H,5-8,13-14,17H2,1-4H3,(H,26,28). The summed E-state index contributed by atoms with van der Waals surface area (Å²) in [4.78, 5) is 12.9. The van der Waals surface area contributed by atoms with Crippen molar-refractivity contribution in [3.05, 3.63) is 36.4 Å². The highest BCUT2D eigenvalue weighted by Crippen LogP contribution is 2.37. The molecule has 0 aliphatic heterocycles. The Kier molecular flexibility index (Phi) is 10.0. The van der Waals surface area contributed by atoms with Gasteiger partial charge in [0, 0.05) is 29.7 Å². The molecular weight excluding hydrogens is 504 g/mol. The molecule has 1 fully saturated rings. The molecule has 1 N–H and O–H groups in total. The minimum atomic E-state index is -4.21. The molecule has 0 spiro atoms. The number of rotatable bonds is 13. The molecule has 0 bridgehead atoms. The number of anilines is 1. The molecule has 0 heterocycles. The fourth-order valence-corrected chi connectivity index (χ4v) is 6.71. The van der Waals surface area contributed by atoms with Crippen molar-refractivity contribution in [2.75, 3.05) is 51.6 Å². The number of thioether (sulfide) groups is 1. The van der Waals surface area contributed by atoms with Crippen LogP contribution < -0.4 is 28.6 Å². The molecule has 0 saturated heterocycles. The van der Waals surface area contributed by atoms with Crippen molar-refractivity contribution in [2.45, 2.75) is 35.8 Å². The number of methoxy groups -OCH3 is 4. The van der Waals surface area contributed by atoms with Gasteiger partial charge in [-0.2, -0.15) is 11.8 Å². The van der Waals surface area contributed by atoms with Crippen LogP contribution in [0, 0.1) is 0 Å². The Balaban J connectivity index is 1.89. The molecule has 0 atom stereocenters. The highest BCUT2D eigenvalue weighted by atomic mass is 32.2. The summed E-state index contributed by atoms with van der Waals surface area (Å²) in [6.07, 6.45) is 4.95. The van der Waals surface area contributed by atoms with E-state index in [4.69, 9.17) is 18.9 Å². The van der Waals surface area contributed by atoms with E-state index in [1.165, 1.54) is 78.4 Å². The van der Waals surface area contributed by atoms with Gasteiger partial charge in [-0.3, -0.25) is 9.10 Å². The van der Waals surface area contributed by atoms with E-state index in [0.717, 1.165) is 10.1 Å². The van der Waals surface area contributed by atoms with Gasteiger partial charge in [0.05, 0.1) is 39.0 Å². The molecule has 0 unspecified atom stereocenters. The fraction of sp³-hybridized carbons (Fsp3) is 0.480. The van der Waals surface area contributed by atoms with E-state index in [2.05, 4.69) is 5.32 Å². The van der Waals surface area contributed by atoms with Crippen LogP contribution in [0.3, 0.4) is 0 Å². The molecule has 198 valence electrons. The SMILES string of the molecule is COc1ccc(OC)c(N(CC(=O)NCCSC2CCCC2)S(=O)(=O)c2ccc(OC)c(OC)c2)c1. The second-order valence-electron chi connectivity index (χ2n) is 8.19. The third kappa shape index (κ3) is 6.70. The summed E-state index contributed by atoms with van der Waals surface area (Å²) < 4.78 is 50.0. The van der Waals surface area contributed by atoms with Gasteiger partial charge in [-0.1, -0.05) is 12.8 Å². The number of amides is 1. The zero-order valence-electron chi connectivity index (χ0n) is 21.1. The second-order valence-corrected chi connectivity index (χ2v) is 11.5. The van der Waals surface area contributed by atoms with Crippen molar-refractivity contribution in [3.63, 3.8) is 0 Å². The van der Waals surface area contributed by atoms with Crippen LogP contribution in [0.4, 0.5) is 5.69 Å². The number of ether oxygens (including phenoxy) is 4. The maximum absolute atomic E-state index is 13.9. The molecule has 1 aliphatic rings. The molecule has 9 nitrogen and oxygen atoms in total. The average Bonchev–Trinajstić information content (AvgIpc) is 3.42. The van der Waals surface area contributed by atoms with Crippen LogP contribution in [0.1, 0.15) is 25.7 Å². The smallest absolute Gasteiger partial charge is 0.265 e.